The molecule has 0 aromatic heterocycles. The van der Waals surface area contributed by atoms with Gasteiger partial charge in [-0.05, 0) is 36.1 Å². The molecule has 0 aliphatic rings. The molecule has 2 amide bonds. The zero-order chi connectivity index (χ0) is 19.6. The molecule has 27 heavy (non-hydrogen) atoms. The Labute approximate surface area is 160 Å². The molecule has 0 spiro atoms. The molecule has 0 saturated heterocycles. The summed E-state index contributed by atoms with van der Waals surface area (Å²) >= 11 is 0. The van der Waals surface area contributed by atoms with Gasteiger partial charge in [0.1, 0.15) is 11.9 Å². The van der Waals surface area contributed by atoms with Crippen LogP contribution in [-0.2, 0) is 22.6 Å². The van der Waals surface area contributed by atoms with E-state index in [9.17, 15) is 14.0 Å². The smallest absolute Gasteiger partial charge is 0.242 e. The maximum absolute atomic E-state index is 13.1. The van der Waals surface area contributed by atoms with Gasteiger partial charge in [-0.15, -0.1) is 0 Å². The molecule has 2 aromatic carbocycles. The molecule has 0 aliphatic carbocycles. The Morgan fingerprint density at radius 1 is 1.00 bits per heavy atom. The van der Waals surface area contributed by atoms with Gasteiger partial charge in [0.25, 0.3) is 0 Å². The second kappa shape index (κ2) is 10.5. The average molecular weight is 370 g/mol. The molecule has 1 N–H and O–H groups in total. The number of benzene rings is 2. The number of nitrogens with zero attached hydrogens (tertiary/aromatic N) is 1. The van der Waals surface area contributed by atoms with Crippen LogP contribution in [0.1, 0.15) is 37.8 Å². The largest absolute Gasteiger partial charge is 0.354 e. The minimum Gasteiger partial charge on any atom is -0.354 e. The molecule has 0 fully saturated rings. The van der Waals surface area contributed by atoms with Gasteiger partial charge in [0.05, 0.1) is 6.42 Å². The van der Waals surface area contributed by atoms with Gasteiger partial charge < -0.3 is 10.2 Å². The number of hydrogen-bond acceptors (Lipinski definition) is 2. The van der Waals surface area contributed by atoms with Crippen LogP contribution in [0.3, 0.4) is 0 Å². The highest BCUT2D eigenvalue weighted by Gasteiger charge is 2.28. The molecule has 0 heterocycles. The van der Waals surface area contributed by atoms with Crippen molar-refractivity contribution in [2.75, 3.05) is 6.54 Å². The fourth-order valence-corrected chi connectivity index (χ4v) is 2.94. The van der Waals surface area contributed by atoms with Gasteiger partial charge in [-0.2, -0.15) is 0 Å². The Hall–Kier alpha value is -2.69. The highest BCUT2D eigenvalue weighted by molar-refractivity contribution is 5.88. The van der Waals surface area contributed by atoms with E-state index < -0.39 is 6.04 Å². The molecule has 0 saturated carbocycles. The van der Waals surface area contributed by atoms with Crippen LogP contribution in [0.25, 0.3) is 0 Å². The number of amides is 2. The van der Waals surface area contributed by atoms with Gasteiger partial charge in [-0.3, -0.25) is 9.59 Å². The van der Waals surface area contributed by atoms with E-state index >= 15 is 0 Å². The van der Waals surface area contributed by atoms with Crippen molar-refractivity contribution >= 4 is 11.8 Å². The number of hydrogen-bond donors (Lipinski definition) is 1. The second-order valence-electron chi connectivity index (χ2n) is 6.53. The lowest BCUT2D eigenvalue weighted by Crippen LogP contribution is -2.49. The fraction of sp³-hybridized carbons (Fsp3) is 0.364. The number of carbonyl (C=O) groups is 2. The zero-order valence-electron chi connectivity index (χ0n) is 16.0. The van der Waals surface area contributed by atoms with E-state index in [0.717, 1.165) is 17.5 Å². The van der Waals surface area contributed by atoms with Gasteiger partial charge in [0.2, 0.25) is 11.8 Å². The molecule has 0 unspecified atom stereocenters. The van der Waals surface area contributed by atoms with Crippen LogP contribution in [0.2, 0.25) is 0 Å². The summed E-state index contributed by atoms with van der Waals surface area (Å²) in [6, 6.07) is 15.0. The van der Waals surface area contributed by atoms with Crippen LogP contribution < -0.4 is 5.32 Å². The highest BCUT2D eigenvalue weighted by atomic mass is 19.1. The van der Waals surface area contributed by atoms with Crippen LogP contribution in [0, 0.1) is 5.82 Å². The number of halogens is 1. The van der Waals surface area contributed by atoms with E-state index in [0.29, 0.717) is 19.5 Å². The first-order chi connectivity index (χ1) is 13.0. The third kappa shape index (κ3) is 6.20. The summed E-state index contributed by atoms with van der Waals surface area (Å²) in [5.74, 6) is -0.621. The molecule has 1 atom stereocenters. The van der Waals surface area contributed by atoms with Crippen molar-refractivity contribution in [1.82, 2.24) is 10.2 Å². The summed E-state index contributed by atoms with van der Waals surface area (Å²) in [4.78, 5) is 27.3. The van der Waals surface area contributed by atoms with Gasteiger partial charge in [-0.1, -0.05) is 56.3 Å². The minimum atomic E-state index is -0.537. The third-order valence-electron chi connectivity index (χ3n) is 4.40. The molecular weight excluding hydrogens is 343 g/mol. The normalized spacial score (nSPS) is 11.7. The topological polar surface area (TPSA) is 49.4 Å². The Kier molecular flexibility index (Phi) is 7.99. The molecule has 4 nitrogen and oxygen atoms in total. The Morgan fingerprint density at radius 2 is 1.67 bits per heavy atom. The lowest BCUT2D eigenvalue weighted by Gasteiger charge is -2.30. The van der Waals surface area contributed by atoms with E-state index in [1.54, 1.807) is 17.0 Å². The molecule has 0 radical (unpaired) electrons. The van der Waals surface area contributed by atoms with E-state index in [1.807, 2.05) is 44.2 Å². The van der Waals surface area contributed by atoms with Crippen LogP contribution in [0.4, 0.5) is 4.39 Å². The quantitative estimate of drug-likeness (QED) is 0.732. The van der Waals surface area contributed by atoms with Crippen molar-refractivity contribution in [1.29, 1.82) is 0 Å². The van der Waals surface area contributed by atoms with E-state index in [1.165, 1.54) is 12.1 Å². The van der Waals surface area contributed by atoms with Gasteiger partial charge in [-0.25, -0.2) is 4.39 Å². The predicted molar refractivity (Wildman–Crippen MR) is 104 cm³/mol. The summed E-state index contributed by atoms with van der Waals surface area (Å²) in [7, 11) is 0. The van der Waals surface area contributed by atoms with Crippen LogP contribution >= 0.6 is 0 Å². The minimum absolute atomic E-state index is 0.130. The predicted octanol–water partition coefficient (Wildman–Crippen LogP) is 3.70. The van der Waals surface area contributed by atoms with Crippen LogP contribution in [0.5, 0.6) is 0 Å². The maximum atomic E-state index is 13.1. The van der Waals surface area contributed by atoms with Crippen LogP contribution in [-0.4, -0.2) is 29.3 Å². The lowest BCUT2D eigenvalue weighted by atomic mass is 10.1. The first kappa shape index (κ1) is 20.6. The first-order valence-corrected chi connectivity index (χ1v) is 9.40. The van der Waals surface area contributed by atoms with Crippen molar-refractivity contribution in [3.05, 3.63) is 71.5 Å². The van der Waals surface area contributed by atoms with E-state index in [4.69, 9.17) is 0 Å². The lowest BCUT2D eigenvalue weighted by molar-refractivity contribution is -0.140. The van der Waals surface area contributed by atoms with E-state index in [-0.39, 0.29) is 24.1 Å². The molecular formula is C22H27FN2O2. The summed E-state index contributed by atoms with van der Waals surface area (Å²) in [5.41, 5.74) is 1.69. The molecule has 2 rings (SSSR count). The van der Waals surface area contributed by atoms with Gasteiger partial charge in [0, 0.05) is 13.1 Å². The SMILES string of the molecule is CCCNC(=O)[C@H](CC)N(Cc1ccccc1)C(=O)Cc1ccc(F)cc1. The van der Waals surface area contributed by atoms with Crippen LogP contribution in [0.15, 0.2) is 54.6 Å². The standard InChI is InChI=1S/C22H27FN2O2/c1-3-14-24-22(27)20(4-2)25(16-18-8-6-5-7-9-18)21(26)15-17-10-12-19(23)13-11-17/h5-13,20H,3-4,14-16H2,1-2H3,(H,24,27)/t20-/m0/s1. The summed E-state index contributed by atoms with van der Waals surface area (Å²) in [6.07, 6.45) is 1.49. The monoisotopic (exact) mass is 370 g/mol. The van der Waals surface area contributed by atoms with Gasteiger partial charge >= 0.3 is 0 Å². The van der Waals surface area contributed by atoms with E-state index in [2.05, 4.69) is 5.32 Å². The molecule has 144 valence electrons. The molecule has 5 heteroatoms. The fourth-order valence-electron chi connectivity index (χ4n) is 2.94. The number of carbonyl (C=O) groups excluding carboxylic acids is 2. The first-order valence-electron chi connectivity index (χ1n) is 9.40. The zero-order valence-corrected chi connectivity index (χ0v) is 16.0. The van der Waals surface area contributed by atoms with Crippen molar-refractivity contribution < 1.29 is 14.0 Å². The number of nitrogens with one attached hydrogen (secondary N) is 1. The van der Waals surface area contributed by atoms with Crippen molar-refractivity contribution in [2.24, 2.45) is 0 Å². The van der Waals surface area contributed by atoms with Crippen molar-refractivity contribution in [2.45, 2.75) is 45.7 Å². The second-order valence-corrected chi connectivity index (χ2v) is 6.53. The maximum Gasteiger partial charge on any atom is 0.242 e. The van der Waals surface area contributed by atoms with Crippen molar-refractivity contribution in [3.8, 4) is 0 Å². The summed E-state index contributed by atoms with van der Waals surface area (Å²) in [6.45, 7) is 4.83. The summed E-state index contributed by atoms with van der Waals surface area (Å²) in [5, 5.41) is 2.89. The Morgan fingerprint density at radius 3 is 2.26 bits per heavy atom. The molecule has 0 bridgehead atoms. The molecule has 0 aliphatic heterocycles. The Bertz CT molecular complexity index is 732. The highest BCUT2D eigenvalue weighted by Crippen LogP contribution is 2.15. The summed E-state index contributed by atoms with van der Waals surface area (Å²) < 4.78 is 13.1. The van der Waals surface area contributed by atoms with Crippen molar-refractivity contribution in [3.63, 3.8) is 0 Å². The van der Waals surface area contributed by atoms with Gasteiger partial charge in [0.15, 0.2) is 0 Å². The molecule has 2 aromatic rings. The third-order valence-corrected chi connectivity index (χ3v) is 4.40. The number of rotatable bonds is 9. The Balaban J connectivity index is 2.22. The average Bonchev–Trinajstić information content (AvgIpc) is 2.68.